The van der Waals surface area contributed by atoms with Crippen LogP contribution in [0, 0.1) is 0 Å². The van der Waals surface area contributed by atoms with Crippen LogP contribution in [0.3, 0.4) is 0 Å². The van der Waals surface area contributed by atoms with Crippen LogP contribution in [0.2, 0.25) is 0 Å². The number of hydrogen-bond donors (Lipinski definition) is 0. The van der Waals surface area contributed by atoms with Crippen LogP contribution in [-0.4, -0.2) is 73.6 Å². The molecule has 1 aliphatic heterocycles. The summed E-state index contributed by atoms with van der Waals surface area (Å²) < 4.78 is 0. The van der Waals surface area contributed by atoms with E-state index in [4.69, 9.17) is 0 Å². The van der Waals surface area contributed by atoms with Crippen molar-refractivity contribution in [3.8, 4) is 0 Å². The third kappa shape index (κ3) is 6.17. The zero-order valence-corrected chi connectivity index (χ0v) is 12.8. The summed E-state index contributed by atoms with van der Waals surface area (Å²) in [4.78, 5) is 7.95. The Hall–Kier alpha value is -0.120. The number of rotatable bonds is 6. The highest BCUT2D eigenvalue weighted by atomic mass is 15.3. The van der Waals surface area contributed by atoms with E-state index < -0.39 is 0 Å². The van der Waals surface area contributed by atoms with Gasteiger partial charge in [-0.05, 0) is 38.9 Å². The molecule has 1 fully saturated rings. The molecule has 0 saturated carbocycles. The van der Waals surface area contributed by atoms with Crippen molar-refractivity contribution in [1.82, 2.24) is 14.7 Å². The van der Waals surface area contributed by atoms with Crippen molar-refractivity contribution in [2.24, 2.45) is 0 Å². The van der Waals surface area contributed by atoms with Gasteiger partial charge >= 0.3 is 0 Å². The lowest BCUT2D eigenvalue weighted by Gasteiger charge is -2.24. The number of nitrogens with zero attached hydrogens (tertiary/aromatic N) is 3. The molecule has 1 rings (SSSR count). The predicted octanol–water partition coefficient (Wildman–Crippen LogP) is 2.14. The summed E-state index contributed by atoms with van der Waals surface area (Å²) in [6.45, 7) is 18.2. The van der Waals surface area contributed by atoms with Crippen LogP contribution in [0.5, 0.6) is 0 Å². The molecule has 3 nitrogen and oxygen atoms in total. The summed E-state index contributed by atoms with van der Waals surface area (Å²) in [6, 6.07) is 0. The summed E-state index contributed by atoms with van der Waals surface area (Å²) in [5.41, 5.74) is 0. The van der Waals surface area contributed by atoms with E-state index in [1.807, 2.05) is 0 Å². The van der Waals surface area contributed by atoms with Gasteiger partial charge in [-0.2, -0.15) is 0 Å². The van der Waals surface area contributed by atoms with Crippen molar-refractivity contribution in [3.63, 3.8) is 0 Å². The van der Waals surface area contributed by atoms with Gasteiger partial charge in [-0.1, -0.05) is 20.8 Å². The van der Waals surface area contributed by atoms with Crippen LogP contribution in [-0.2, 0) is 0 Å². The molecule has 1 heterocycles. The molecular weight excluding hydrogens is 222 g/mol. The normalized spacial score (nSPS) is 21.5. The molecule has 0 unspecified atom stereocenters. The first kappa shape index (κ1) is 15.9. The molecule has 0 amide bonds. The molecule has 0 aromatic carbocycles. The first-order valence-electron chi connectivity index (χ1n) is 7.97. The van der Waals surface area contributed by atoms with Gasteiger partial charge in [0.2, 0.25) is 0 Å². The Morgan fingerprint density at radius 3 is 0.889 bits per heavy atom. The van der Waals surface area contributed by atoms with Gasteiger partial charge in [0.05, 0.1) is 0 Å². The molecule has 1 aliphatic rings. The fourth-order valence-electron chi connectivity index (χ4n) is 2.80. The van der Waals surface area contributed by atoms with Crippen LogP contribution >= 0.6 is 0 Å². The summed E-state index contributed by atoms with van der Waals surface area (Å²) in [5, 5.41) is 0. The van der Waals surface area contributed by atoms with E-state index in [0.717, 1.165) is 0 Å². The molecule has 3 heteroatoms. The molecule has 0 N–H and O–H groups in total. The van der Waals surface area contributed by atoms with E-state index in [1.165, 1.54) is 78.2 Å². The molecule has 0 bridgehead atoms. The second kappa shape index (κ2) is 9.76. The maximum Gasteiger partial charge on any atom is 0.0110 e. The lowest BCUT2D eigenvalue weighted by Crippen LogP contribution is -2.36. The van der Waals surface area contributed by atoms with Gasteiger partial charge in [-0.3, -0.25) is 0 Å². The Balaban J connectivity index is 2.50. The Kier molecular flexibility index (Phi) is 8.64. The van der Waals surface area contributed by atoms with Gasteiger partial charge in [-0.15, -0.1) is 0 Å². The van der Waals surface area contributed by atoms with Gasteiger partial charge in [-0.25, -0.2) is 0 Å². The average molecular weight is 255 g/mol. The largest absolute Gasteiger partial charge is 0.301 e. The van der Waals surface area contributed by atoms with E-state index in [9.17, 15) is 0 Å². The standard InChI is InChI=1S/C15H33N3/c1-4-7-16-10-12-17(8-5-2)14-15-18(9-6-3)13-11-16/h4-15H2,1-3H3. The maximum absolute atomic E-state index is 2.65. The maximum atomic E-state index is 2.65. The second-order valence-corrected chi connectivity index (χ2v) is 5.52. The molecule has 1 saturated heterocycles. The molecule has 18 heavy (non-hydrogen) atoms. The predicted molar refractivity (Wildman–Crippen MR) is 80.2 cm³/mol. The Morgan fingerprint density at radius 2 is 0.722 bits per heavy atom. The van der Waals surface area contributed by atoms with E-state index in [-0.39, 0.29) is 0 Å². The highest BCUT2D eigenvalue weighted by Gasteiger charge is 2.14. The van der Waals surface area contributed by atoms with Crippen molar-refractivity contribution in [3.05, 3.63) is 0 Å². The quantitative estimate of drug-likeness (QED) is 0.720. The fourth-order valence-corrected chi connectivity index (χ4v) is 2.80. The minimum absolute atomic E-state index is 1.26. The Morgan fingerprint density at radius 1 is 0.500 bits per heavy atom. The monoisotopic (exact) mass is 255 g/mol. The van der Waals surface area contributed by atoms with E-state index in [1.54, 1.807) is 0 Å². The second-order valence-electron chi connectivity index (χ2n) is 5.52. The van der Waals surface area contributed by atoms with Gasteiger partial charge in [0.1, 0.15) is 0 Å². The molecule has 0 atom stereocenters. The third-order valence-corrected chi connectivity index (χ3v) is 3.82. The molecule has 0 aromatic rings. The highest BCUT2D eigenvalue weighted by Crippen LogP contribution is 2.02. The van der Waals surface area contributed by atoms with Crippen molar-refractivity contribution in [2.75, 3.05) is 58.9 Å². The van der Waals surface area contributed by atoms with Crippen molar-refractivity contribution in [1.29, 1.82) is 0 Å². The molecule has 0 spiro atoms. The zero-order chi connectivity index (χ0) is 13.2. The van der Waals surface area contributed by atoms with Crippen molar-refractivity contribution in [2.45, 2.75) is 40.0 Å². The van der Waals surface area contributed by atoms with Crippen molar-refractivity contribution < 1.29 is 0 Å². The first-order valence-corrected chi connectivity index (χ1v) is 7.97. The van der Waals surface area contributed by atoms with Gasteiger partial charge in [0.15, 0.2) is 0 Å². The van der Waals surface area contributed by atoms with E-state index >= 15 is 0 Å². The van der Waals surface area contributed by atoms with Gasteiger partial charge in [0, 0.05) is 39.3 Å². The van der Waals surface area contributed by atoms with Gasteiger partial charge < -0.3 is 14.7 Å². The third-order valence-electron chi connectivity index (χ3n) is 3.82. The van der Waals surface area contributed by atoms with Crippen molar-refractivity contribution >= 4 is 0 Å². The molecular formula is C15H33N3. The fraction of sp³-hybridized carbons (Fsp3) is 1.00. The van der Waals surface area contributed by atoms with E-state index in [2.05, 4.69) is 35.5 Å². The summed E-state index contributed by atoms with van der Waals surface area (Å²) in [7, 11) is 0. The molecule has 108 valence electrons. The lowest BCUT2D eigenvalue weighted by molar-refractivity contribution is 0.219. The molecule has 0 aromatic heterocycles. The SMILES string of the molecule is CCCN1CCN(CCC)CCN(CCC)CC1. The molecule has 0 aliphatic carbocycles. The number of hydrogen-bond acceptors (Lipinski definition) is 3. The average Bonchev–Trinajstić information content (AvgIpc) is 2.45. The zero-order valence-electron chi connectivity index (χ0n) is 12.8. The first-order chi connectivity index (χ1) is 8.80. The summed E-state index contributed by atoms with van der Waals surface area (Å²) in [6.07, 6.45) is 3.84. The van der Waals surface area contributed by atoms with Crippen LogP contribution in [0.15, 0.2) is 0 Å². The van der Waals surface area contributed by atoms with Gasteiger partial charge in [0.25, 0.3) is 0 Å². The van der Waals surface area contributed by atoms with Crippen LogP contribution in [0.4, 0.5) is 0 Å². The topological polar surface area (TPSA) is 9.72 Å². The highest BCUT2D eigenvalue weighted by molar-refractivity contribution is 4.71. The summed E-state index contributed by atoms with van der Waals surface area (Å²) >= 11 is 0. The lowest BCUT2D eigenvalue weighted by atomic mass is 10.3. The Bertz CT molecular complexity index is 151. The minimum atomic E-state index is 1.26. The van der Waals surface area contributed by atoms with Crippen LogP contribution in [0.25, 0.3) is 0 Å². The minimum Gasteiger partial charge on any atom is -0.301 e. The molecule has 0 radical (unpaired) electrons. The Labute approximate surface area is 114 Å². The van der Waals surface area contributed by atoms with Crippen LogP contribution in [0.1, 0.15) is 40.0 Å². The summed E-state index contributed by atoms with van der Waals surface area (Å²) in [5.74, 6) is 0. The smallest absolute Gasteiger partial charge is 0.0110 e. The van der Waals surface area contributed by atoms with Crippen LogP contribution < -0.4 is 0 Å². The van der Waals surface area contributed by atoms with E-state index in [0.29, 0.717) is 0 Å².